The molecule has 1 heterocycles. The fourth-order valence-electron chi connectivity index (χ4n) is 2.20. The first-order chi connectivity index (χ1) is 10.0. The number of aryl methyl sites for hydroxylation is 1. The van der Waals surface area contributed by atoms with Gasteiger partial charge in [0, 0.05) is 6.42 Å². The molecule has 0 bridgehead atoms. The number of nitrogens with zero attached hydrogens (tertiary/aromatic N) is 3. The molecule has 0 spiro atoms. The van der Waals surface area contributed by atoms with Gasteiger partial charge in [-0.25, -0.2) is 9.37 Å². The van der Waals surface area contributed by atoms with Gasteiger partial charge in [0.1, 0.15) is 23.5 Å². The van der Waals surface area contributed by atoms with Crippen LogP contribution in [-0.4, -0.2) is 33.0 Å². The number of hydrogen-bond donors (Lipinski definition) is 2. The van der Waals surface area contributed by atoms with Crippen molar-refractivity contribution in [1.29, 1.82) is 0 Å². The Morgan fingerprint density at radius 3 is 2.86 bits per heavy atom. The maximum Gasteiger partial charge on any atom is 0.239 e. The molecule has 0 aliphatic heterocycles. The number of primary amides is 1. The van der Waals surface area contributed by atoms with Crippen LogP contribution in [0.2, 0.25) is 0 Å². The van der Waals surface area contributed by atoms with E-state index in [1.165, 1.54) is 12.1 Å². The Morgan fingerprint density at radius 1 is 1.52 bits per heavy atom. The van der Waals surface area contributed by atoms with Gasteiger partial charge in [-0.2, -0.15) is 5.10 Å². The Morgan fingerprint density at radius 2 is 2.29 bits per heavy atom. The molecule has 1 atom stereocenters. The lowest BCUT2D eigenvalue weighted by Gasteiger charge is -2.24. The van der Waals surface area contributed by atoms with E-state index in [0.29, 0.717) is 23.8 Å². The lowest BCUT2D eigenvalue weighted by molar-refractivity contribution is -0.123. The van der Waals surface area contributed by atoms with E-state index in [1.54, 1.807) is 24.1 Å². The summed E-state index contributed by atoms with van der Waals surface area (Å²) in [5.74, 6) is 0.398. The number of nitrogens with one attached hydrogen (secondary N) is 1. The molecule has 0 radical (unpaired) electrons. The first-order valence-electron chi connectivity index (χ1n) is 6.66. The van der Waals surface area contributed by atoms with Crippen molar-refractivity contribution in [2.24, 2.45) is 5.73 Å². The maximum atomic E-state index is 13.3. The zero-order valence-corrected chi connectivity index (χ0v) is 12.0. The van der Waals surface area contributed by atoms with Crippen molar-refractivity contribution in [3.05, 3.63) is 47.3 Å². The molecule has 112 valence electrons. The zero-order valence-electron chi connectivity index (χ0n) is 12.0. The molecular weight excluding hydrogens is 273 g/mol. The Balaban J connectivity index is 2.19. The van der Waals surface area contributed by atoms with Gasteiger partial charge in [0.05, 0.1) is 6.54 Å². The summed E-state index contributed by atoms with van der Waals surface area (Å²) < 4.78 is 13.3. The molecule has 1 unspecified atom stereocenters. The van der Waals surface area contributed by atoms with Crippen molar-refractivity contribution in [2.45, 2.75) is 25.9 Å². The summed E-state index contributed by atoms with van der Waals surface area (Å²) in [6, 6.07) is 5.14. The number of nitrogens with two attached hydrogens (primary N) is 1. The average molecular weight is 291 g/mol. The smallest absolute Gasteiger partial charge is 0.239 e. The fraction of sp³-hybridized carbons (Fsp3) is 0.357. The van der Waals surface area contributed by atoms with Crippen LogP contribution in [0.25, 0.3) is 0 Å². The van der Waals surface area contributed by atoms with E-state index >= 15 is 0 Å². The summed E-state index contributed by atoms with van der Waals surface area (Å²) >= 11 is 0. The van der Waals surface area contributed by atoms with Gasteiger partial charge in [-0.15, -0.1) is 0 Å². The van der Waals surface area contributed by atoms with Crippen LogP contribution in [0.1, 0.15) is 30.2 Å². The highest BCUT2D eigenvalue weighted by Gasteiger charge is 2.24. The summed E-state index contributed by atoms with van der Waals surface area (Å²) in [6.07, 6.45) is 0.726. The van der Waals surface area contributed by atoms with Crippen molar-refractivity contribution < 1.29 is 9.18 Å². The van der Waals surface area contributed by atoms with Crippen LogP contribution in [0.15, 0.2) is 24.3 Å². The van der Waals surface area contributed by atoms with Crippen LogP contribution in [0.3, 0.4) is 0 Å². The SMILES string of the molecule is CCc1n[nH]c(CN(C)C(C(N)=O)c2cccc(F)c2)n1. The molecule has 0 aliphatic rings. The van der Waals surface area contributed by atoms with Gasteiger partial charge in [-0.1, -0.05) is 19.1 Å². The molecule has 7 heteroatoms. The zero-order chi connectivity index (χ0) is 15.4. The number of carbonyl (C=O) groups is 1. The number of amides is 1. The van der Waals surface area contributed by atoms with Gasteiger partial charge in [0.2, 0.25) is 5.91 Å². The van der Waals surface area contributed by atoms with E-state index < -0.39 is 17.8 Å². The largest absolute Gasteiger partial charge is 0.368 e. The normalized spacial score (nSPS) is 12.6. The van der Waals surface area contributed by atoms with Crippen molar-refractivity contribution in [3.63, 3.8) is 0 Å². The molecule has 6 nitrogen and oxygen atoms in total. The van der Waals surface area contributed by atoms with E-state index in [9.17, 15) is 9.18 Å². The number of likely N-dealkylation sites (N-methyl/N-ethyl adjacent to an activating group) is 1. The molecular formula is C14H18FN5O. The molecule has 0 aliphatic carbocycles. The summed E-state index contributed by atoms with van der Waals surface area (Å²) in [7, 11) is 1.73. The third-order valence-corrected chi connectivity index (χ3v) is 3.17. The van der Waals surface area contributed by atoms with Crippen LogP contribution < -0.4 is 5.73 Å². The highest BCUT2D eigenvalue weighted by Crippen LogP contribution is 2.21. The Hall–Kier alpha value is -2.28. The van der Waals surface area contributed by atoms with Gasteiger partial charge < -0.3 is 5.73 Å². The number of halogens is 1. The summed E-state index contributed by atoms with van der Waals surface area (Å²) in [5, 5.41) is 6.86. The third kappa shape index (κ3) is 3.63. The first-order valence-corrected chi connectivity index (χ1v) is 6.66. The topological polar surface area (TPSA) is 87.9 Å². The maximum absolute atomic E-state index is 13.3. The van der Waals surface area contributed by atoms with E-state index in [2.05, 4.69) is 15.2 Å². The standard InChI is InChI=1S/C14H18FN5O/c1-3-11-17-12(19-18-11)8-20(2)13(14(16)21)9-5-4-6-10(15)7-9/h4-7,13H,3,8H2,1-2H3,(H2,16,21)(H,17,18,19). The molecule has 0 saturated carbocycles. The van der Waals surface area contributed by atoms with E-state index in [4.69, 9.17) is 5.73 Å². The predicted octanol–water partition coefficient (Wildman–Crippen LogP) is 1.16. The van der Waals surface area contributed by atoms with Crippen LogP contribution in [0, 0.1) is 5.82 Å². The molecule has 1 aromatic heterocycles. The summed E-state index contributed by atoms with van der Waals surface area (Å²) in [5.41, 5.74) is 5.97. The van der Waals surface area contributed by atoms with Crippen LogP contribution in [0.4, 0.5) is 4.39 Å². The molecule has 0 saturated heterocycles. The fourth-order valence-corrected chi connectivity index (χ4v) is 2.20. The number of carbonyl (C=O) groups excluding carboxylic acids is 1. The van der Waals surface area contributed by atoms with Crippen molar-refractivity contribution in [1.82, 2.24) is 20.1 Å². The monoisotopic (exact) mass is 291 g/mol. The van der Waals surface area contributed by atoms with E-state index in [-0.39, 0.29) is 0 Å². The molecule has 2 rings (SSSR count). The lowest BCUT2D eigenvalue weighted by atomic mass is 10.0. The number of H-pyrrole nitrogens is 1. The minimum atomic E-state index is -0.726. The molecule has 1 amide bonds. The summed E-state index contributed by atoms with van der Waals surface area (Å²) in [4.78, 5) is 17.7. The Kier molecular flexibility index (Phi) is 4.64. The number of aromatic amines is 1. The third-order valence-electron chi connectivity index (χ3n) is 3.17. The highest BCUT2D eigenvalue weighted by atomic mass is 19.1. The quantitative estimate of drug-likeness (QED) is 0.836. The average Bonchev–Trinajstić information content (AvgIpc) is 2.86. The van der Waals surface area contributed by atoms with E-state index in [1.807, 2.05) is 6.92 Å². The second kappa shape index (κ2) is 6.45. The number of rotatable bonds is 6. The second-order valence-corrected chi connectivity index (χ2v) is 4.83. The van der Waals surface area contributed by atoms with Crippen LogP contribution in [0.5, 0.6) is 0 Å². The van der Waals surface area contributed by atoms with E-state index in [0.717, 1.165) is 6.42 Å². The lowest BCUT2D eigenvalue weighted by Crippen LogP contribution is -2.35. The van der Waals surface area contributed by atoms with Gasteiger partial charge in [-0.05, 0) is 24.7 Å². The second-order valence-electron chi connectivity index (χ2n) is 4.83. The van der Waals surface area contributed by atoms with Gasteiger partial charge >= 0.3 is 0 Å². The summed E-state index contributed by atoms with van der Waals surface area (Å²) in [6.45, 7) is 2.31. The van der Waals surface area contributed by atoms with Crippen LogP contribution in [-0.2, 0) is 17.8 Å². The van der Waals surface area contributed by atoms with Gasteiger partial charge in [-0.3, -0.25) is 14.8 Å². The van der Waals surface area contributed by atoms with Crippen molar-refractivity contribution >= 4 is 5.91 Å². The first kappa shape index (κ1) is 15.1. The number of benzene rings is 1. The predicted molar refractivity (Wildman–Crippen MR) is 75.6 cm³/mol. The highest BCUT2D eigenvalue weighted by molar-refractivity contribution is 5.81. The number of hydrogen-bond acceptors (Lipinski definition) is 4. The van der Waals surface area contributed by atoms with Gasteiger partial charge in [0.15, 0.2) is 0 Å². The Labute approximate surface area is 122 Å². The molecule has 0 fully saturated rings. The minimum Gasteiger partial charge on any atom is -0.368 e. The molecule has 2 aromatic rings. The Bertz CT molecular complexity index is 627. The molecule has 1 aromatic carbocycles. The van der Waals surface area contributed by atoms with Crippen molar-refractivity contribution in [3.8, 4) is 0 Å². The van der Waals surface area contributed by atoms with Crippen molar-refractivity contribution in [2.75, 3.05) is 7.05 Å². The van der Waals surface area contributed by atoms with Crippen LogP contribution >= 0.6 is 0 Å². The molecule has 21 heavy (non-hydrogen) atoms. The molecule has 3 N–H and O–H groups in total. The minimum absolute atomic E-state index is 0.358. The number of aromatic nitrogens is 3. The van der Waals surface area contributed by atoms with Gasteiger partial charge in [0.25, 0.3) is 0 Å².